The van der Waals surface area contributed by atoms with Crippen molar-refractivity contribution >= 4 is 27.8 Å². The summed E-state index contributed by atoms with van der Waals surface area (Å²) in [5.74, 6) is 0. The Kier molecular flexibility index (Phi) is 9.84. The molecule has 0 fully saturated rings. The number of nitrogens with zero attached hydrogens (tertiary/aromatic N) is 1. The molecule has 0 heterocycles. The summed E-state index contributed by atoms with van der Waals surface area (Å²) >= 11 is 0. The summed E-state index contributed by atoms with van der Waals surface area (Å²) in [6, 6.07) is 82.2. The van der Waals surface area contributed by atoms with E-state index < -0.39 is 0 Å². The zero-order chi connectivity index (χ0) is 47.2. The molecule has 0 aromatic heterocycles. The second-order valence-electron chi connectivity index (χ2n) is 21.4. The standard InChI is InChI=1S/C68H57N/c1-66(2,3)51-33-28-44(29-34-51)48-32-38-63(57(41-48)45-18-9-8-10-19-45)69(52-35-37-61-58(43-52)55-25-14-16-27-60(55)67(61,4)5)64-39-31-46-20-11-12-23-53(46)65(64)50-22-17-21-47(40-50)49-30-36-56-54-24-13-15-26-59(54)68(6,7)62(56)42-49/h8-43H,1-7H3. The van der Waals surface area contributed by atoms with Gasteiger partial charge in [-0.1, -0.05) is 224 Å². The van der Waals surface area contributed by atoms with Gasteiger partial charge in [0.15, 0.2) is 0 Å². The average molecular weight is 888 g/mol. The number of anilines is 3. The largest absolute Gasteiger partial charge is 0.309 e. The van der Waals surface area contributed by atoms with E-state index in [4.69, 9.17) is 0 Å². The van der Waals surface area contributed by atoms with Gasteiger partial charge >= 0.3 is 0 Å². The number of hydrogen-bond donors (Lipinski definition) is 0. The van der Waals surface area contributed by atoms with Crippen molar-refractivity contribution in [2.75, 3.05) is 4.90 Å². The average Bonchev–Trinajstić information content (AvgIpc) is 3.75. The summed E-state index contributed by atoms with van der Waals surface area (Å²) in [6.45, 7) is 16.3. The van der Waals surface area contributed by atoms with Gasteiger partial charge in [0.1, 0.15) is 0 Å². The molecular weight excluding hydrogens is 831 g/mol. The van der Waals surface area contributed by atoms with Gasteiger partial charge < -0.3 is 4.90 Å². The van der Waals surface area contributed by atoms with Gasteiger partial charge in [0.05, 0.1) is 11.4 Å². The van der Waals surface area contributed by atoms with Crippen molar-refractivity contribution in [2.24, 2.45) is 0 Å². The lowest BCUT2D eigenvalue weighted by molar-refractivity contribution is 0.590. The lowest BCUT2D eigenvalue weighted by atomic mass is 9.81. The monoisotopic (exact) mass is 887 g/mol. The van der Waals surface area contributed by atoms with Gasteiger partial charge in [0.2, 0.25) is 0 Å². The van der Waals surface area contributed by atoms with Crippen LogP contribution in [0.15, 0.2) is 218 Å². The Morgan fingerprint density at radius 1 is 0.333 bits per heavy atom. The smallest absolute Gasteiger partial charge is 0.0546 e. The fourth-order valence-corrected chi connectivity index (χ4v) is 11.7. The van der Waals surface area contributed by atoms with E-state index in [1.165, 1.54) is 105 Å². The van der Waals surface area contributed by atoms with Gasteiger partial charge in [-0.2, -0.15) is 0 Å². The van der Waals surface area contributed by atoms with E-state index in [1.807, 2.05) is 0 Å². The Morgan fingerprint density at radius 2 is 0.884 bits per heavy atom. The molecule has 0 radical (unpaired) electrons. The van der Waals surface area contributed by atoms with Crippen LogP contribution in [0.3, 0.4) is 0 Å². The van der Waals surface area contributed by atoms with Crippen LogP contribution in [-0.2, 0) is 16.2 Å². The first-order valence-corrected chi connectivity index (χ1v) is 24.6. The zero-order valence-corrected chi connectivity index (χ0v) is 40.7. The van der Waals surface area contributed by atoms with Crippen molar-refractivity contribution in [1.29, 1.82) is 0 Å². The van der Waals surface area contributed by atoms with Crippen molar-refractivity contribution < 1.29 is 0 Å². The van der Waals surface area contributed by atoms with Crippen LogP contribution < -0.4 is 4.90 Å². The van der Waals surface area contributed by atoms with E-state index in [2.05, 4.69) is 272 Å². The predicted molar refractivity (Wildman–Crippen MR) is 294 cm³/mol. The first-order chi connectivity index (χ1) is 33.4. The molecule has 0 unspecified atom stereocenters. The van der Waals surface area contributed by atoms with E-state index in [0.717, 1.165) is 17.1 Å². The van der Waals surface area contributed by atoms with E-state index in [9.17, 15) is 0 Å². The SMILES string of the molecule is CC(C)(C)c1ccc(-c2ccc(N(c3ccc4c(c3)-c3ccccc3C4(C)C)c3ccc4ccccc4c3-c3cccc(-c4ccc5c(c4)C(C)(C)c4ccccc4-5)c3)c(-c3ccccc3)c2)cc1. The topological polar surface area (TPSA) is 3.24 Å². The molecule has 0 atom stereocenters. The van der Waals surface area contributed by atoms with Gasteiger partial charge in [0, 0.05) is 27.6 Å². The Balaban J connectivity index is 1.10. The molecule has 12 rings (SSSR count). The van der Waals surface area contributed by atoms with Crippen LogP contribution in [0.1, 0.15) is 76.3 Å². The highest BCUT2D eigenvalue weighted by atomic mass is 15.1. The van der Waals surface area contributed by atoms with Gasteiger partial charge in [-0.25, -0.2) is 0 Å². The normalized spacial score (nSPS) is 14.0. The number of hydrogen-bond acceptors (Lipinski definition) is 1. The fourth-order valence-electron chi connectivity index (χ4n) is 11.7. The van der Waals surface area contributed by atoms with Crippen molar-refractivity contribution in [2.45, 2.75) is 64.7 Å². The summed E-state index contributed by atoms with van der Waals surface area (Å²) in [6.07, 6.45) is 0. The first-order valence-electron chi connectivity index (χ1n) is 24.6. The molecule has 10 aromatic carbocycles. The molecule has 69 heavy (non-hydrogen) atoms. The Hall–Kier alpha value is -7.74. The molecule has 334 valence electrons. The Bertz CT molecular complexity index is 3640. The molecule has 0 N–H and O–H groups in total. The Labute approximate surface area is 408 Å². The van der Waals surface area contributed by atoms with Crippen LogP contribution in [-0.4, -0.2) is 0 Å². The van der Waals surface area contributed by atoms with Crippen LogP contribution in [0.4, 0.5) is 17.1 Å². The highest BCUT2D eigenvalue weighted by Crippen LogP contribution is 2.54. The van der Waals surface area contributed by atoms with Crippen LogP contribution in [0, 0.1) is 0 Å². The number of benzene rings is 10. The molecule has 0 saturated carbocycles. The first kappa shape index (κ1) is 42.6. The molecule has 1 heteroatoms. The summed E-state index contributed by atoms with van der Waals surface area (Å²) in [4.78, 5) is 2.55. The van der Waals surface area contributed by atoms with Gasteiger partial charge in [-0.3, -0.25) is 0 Å². The van der Waals surface area contributed by atoms with Crippen molar-refractivity contribution in [3.63, 3.8) is 0 Å². The molecule has 0 aliphatic heterocycles. The minimum Gasteiger partial charge on any atom is -0.309 e. The van der Waals surface area contributed by atoms with Gasteiger partial charge in [0.25, 0.3) is 0 Å². The summed E-state index contributed by atoms with van der Waals surface area (Å²) < 4.78 is 0. The molecule has 0 spiro atoms. The molecule has 1 nitrogen and oxygen atoms in total. The third-order valence-electron chi connectivity index (χ3n) is 15.4. The third kappa shape index (κ3) is 6.97. The lowest BCUT2D eigenvalue weighted by Crippen LogP contribution is -2.16. The molecule has 0 amide bonds. The summed E-state index contributed by atoms with van der Waals surface area (Å²) in [5, 5.41) is 2.42. The zero-order valence-electron chi connectivity index (χ0n) is 40.7. The molecular formula is C68H57N. The Morgan fingerprint density at radius 3 is 1.64 bits per heavy atom. The molecule has 0 bridgehead atoms. The maximum absolute atomic E-state index is 2.55. The van der Waals surface area contributed by atoms with Crippen molar-refractivity contribution in [3.8, 4) is 66.8 Å². The summed E-state index contributed by atoms with van der Waals surface area (Å²) in [5.41, 5.74) is 24.9. The quantitative estimate of drug-likeness (QED) is 0.154. The molecule has 0 saturated heterocycles. The van der Waals surface area contributed by atoms with E-state index in [0.29, 0.717) is 0 Å². The van der Waals surface area contributed by atoms with E-state index in [1.54, 1.807) is 0 Å². The number of rotatable bonds is 7. The predicted octanol–water partition coefficient (Wildman–Crippen LogP) is 18.9. The molecule has 2 aliphatic carbocycles. The van der Waals surface area contributed by atoms with Crippen LogP contribution in [0.25, 0.3) is 77.5 Å². The van der Waals surface area contributed by atoms with Crippen LogP contribution >= 0.6 is 0 Å². The minimum absolute atomic E-state index is 0.0748. The number of fused-ring (bicyclic) bond motifs is 7. The fraction of sp³-hybridized carbons (Fsp3) is 0.147. The highest BCUT2D eigenvalue weighted by molar-refractivity contribution is 6.07. The maximum atomic E-state index is 2.55. The van der Waals surface area contributed by atoms with Crippen molar-refractivity contribution in [1.82, 2.24) is 0 Å². The van der Waals surface area contributed by atoms with E-state index in [-0.39, 0.29) is 16.2 Å². The second-order valence-corrected chi connectivity index (χ2v) is 21.4. The van der Waals surface area contributed by atoms with Crippen molar-refractivity contribution in [3.05, 3.63) is 246 Å². The maximum Gasteiger partial charge on any atom is 0.0546 e. The third-order valence-corrected chi connectivity index (χ3v) is 15.4. The highest BCUT2D eigenvalue weighted by Gasteiger charge is 2.37. The van der Waals surface area contributed by atoms with E-state index >= 15 is 0 Å². The molecule has 10 aromatic rings. The van der Waals surface area contributed by atoms with Crippen LogP contribution in [0.5, 0.6) is 0 Å². The summed E-state index contributed by atoms with van der Waals surface area (Å²) in [7, 11) is 0. The van der Waals surface area contributed by atoms with Gasteiger partial charge in [-0.05, 0) is 142 Å². The lowest BCUT2D eigenvalue weighted by Gasteiger charge is -2.32. The minimum atomic E-state index is -0.112. The second kappa shape index (κ2) is 15.9. The van der Waals surface area contributed by atoms with Crippen LogP contribution in [0.2, 0.25) is 0 Å². The molecule has 2 aliphatic rings. The van der Waals surface area contributed by atoms with Gasteiger partial charge in [-0.15, -0.1) is 0 Å².